The van der Waals surface area contributed by atoms with Gasteiger partial charge in [-0.3, -0.25) is 4.79 Å². The van der Waals surface area contributed by atoms with Crippen LogP contribution in [0.25, 0.3) is 0 Å². The van der Waals surface area contributed by atoms with Crippen molar-refractivity contribution >= 4 is 29.2 Å². The highest BCUT2D eigenvalue weighted by Gasteiger charge is 2.41. The number of benzene rings is 2. The summed E-state index contributed by atoms with van der Waals surface area (Å²) in [6, 6.07) is 14.4. The molecule has 6 nitrogen and oxygen atoms in total. The molecule has 1 heterocycles. The van der Waals surface area contributed by atoms with Crippen LogP contribution in [0.4, 0.5) is 5.69 Å². The quantitative estimate of drug-likeness (QED) is 0.790. The minimum Gasteiger partial charge on any atom is -0.480 e. The fourth-order valence-electron chi connectivity index (χ4n) is 3.21. The molecule has 0 aromatic heterocycles. The van der Waals surface area contributed by atoms with Gasteiger partial charge in [0, 0.05) is 18.9 Å². The average molecular weight is 390 g/mol. The topological polar surface area (TPSA) is 84.9 Å². The summed E-state index contributed by atoms with van der Waals surface area (Å²) in [4.78, 5) is 23.8. The van der Waals surface area contributed by atoms with Gasteiger partial charge in [-0.2, -0.15) is 0 Å². The molecule has 0 spiro atoms. The number of carboxylic acid groups (broad SMARTS) is 1. The van der Waals surface area contributed by atoms with Gasteiger partial charge in [-0.15, -0.1) is 0 Å². The molecule has 3 rings (SSSR count). The van der Waals surface area contributed by atoms with Crippen molar-refractivity contribution in [2.45, 2.75) is 18.3 Å². The van der Waals surface area contributed by atoms with Crippen LogP contribution in [0.1, 0.15) is 18.4 Å². The third kappa shape index (κ3) is 4.40. The summed E-state index contributed by atoms with van der Waals surface area (Å²) in [5.41, 5.74) is 0.817. The van der Waals surface area contributed by atoms with Crippen LogP contribution in [0.2, 0.25) is 5.02 Å². The molecule has 1 fully saturated rings. The highest BCUT2D eigenvalue weighted by Crippen LogP contribution is 2.36. The highest BCUT2D eigenvalue weighted by atomic mass is 35.5. The summed E-state index contributed by atoms with van der Waals surface area (Å²) in [7, 11) is 0. The number of ether oxygens (including phenoxy) is 2. The summed E-state index contributed by atoms with van der Waals surface area (Å²) in [5, 5.41) is 11.8. The smallest absolute Gasteiger partial charge is 0.341 e. The molecule has 2 aromatic rings. The molecule has 1 amide bonds. The van der Waals surface area contributed by atoms with E-state index in [4.69, 9.17) is 26.2 Å². The lowest BCUT2D eigenvalue weighted by Crippen LogP contribution is -2.44. The van der Waals surface area contributed by atoms with Gasteiger partial charge >= 0.3 is 5.97 Å². The monoisotopic (exact) mass is 389 g/mol. The second-order valence-corrected chi connectivity index (χ2v) is 6.75. The highest BCUT2D eigenvalue weighted by molar-refractivity contribution is 6.32. The minimum atomic E-state index is -1.09. The zero-order valence-corrected chi connectivity index (χ0v) is 15.4. The van der Waals surface area contributed by atoms with Gasteiger partial charge in [-0.25, -0.2) is 4.79 Å². The van der Waals surface area contributed by atoms with Gasteiger partial charge in [0.2, 0.25) is 5.91 Å². The number of aliphatic carboxylic acids is 1. The molecule has 2 N–H and O–H groups in total. The molecule has 1 aliphatic heterocycles. The predicted octanol–water partition coefficient (Wildman–Crippen LogP) is 3.49. The van der Waals surface area contributed by atoms with Crippen LogP contribution in [-0.4, -0.2) is 36.8 Å². The minimum absolute atomic E-state index is 0.118. The van der Waals surface area contributed by atoms with Crippen molar-refractivity contribution in [2.75, 3.05) is 25.1 Å². The van der Waals surface area contributed by atoms with E-state index in [2.05, 4.69) is 5.32 Å². The van der Waals surface area contributed by atoms with Crippen LogP contribution in [0, 0.1) is 0 Å². The third-order valence-electron chi connectivity index (χ3n) is 4.65. The predicted molar refractivity (Wildman–Crippen MR) is 101 cm³/mol. The van der Waals surface area contributed by atoms with Crippen LogP contribution in [-0.2, 0) is 19.7 Å². The Kier molecular flexibility index (Phi) is 5.98. The Balaban J connectivity index is 1.80. The number of amides is 1. The summed E-state index contributed by atoms with van der Waals surface area (Å²) < 4.78 is 10.6. The van der Waals surface area contributed by atoms with Crippen molar-refractivity contribution in [1.29, 1.82) is 0 Å². The van der Waals surface area contributed by atoms with Gasteiger partial charge in [-0.05, 0) is 36.6 Å². The van der Waals surface area contributed by atoms with E-state index >= 15 is 0 Å². The first kappa shape index (κ1) is 19.2. The fraction of sp³-hybridized carbons (Fsp3) is 0.300. The van der Waals surface area contributed by atoms with Gasteiger partial charge in [0.25, 0.3) is 0 Å². The molecule has 1 aliphatic rings. The van der Waals surface area contributed by atoms with E-state index in [-0.39, 0.29) is 16.7 Å². The SMILES string of the molecule is O=C(O)COc1ccc(NC(=O)C2(c3ccccc3)CCOCC2)cc1Cl. The second-order valence-electron chi connectivity index (χ2n) is 6.34. The zero-order valence-electron chi connectivity index (χ0n) is 14.6. The van der Waals surface area contributed by atoms with Gasteiger partial charge in [-0.1, -0.05) is 41.9 Å². The Morgan fingerprint density at radius 2 is 1.85 bits per heavy atom. The Hall–Kier alpha value is -2.57. The Morgan fingerprint density at radius 1 is 1.15 bits per heavy atom. The maximum Gasteiger partial charge on any atom is 0.341 e. The molecule has 27 heavy (non-hydrogen) atoms. The number of hydrogen-bond donors (Lipinski definition) is 2. The first-order valence-electron chi connectivity index (χ1n) is 8.60. The van der Waals surface area contributed by atoms with E-state index in [9.17, 15) is 9.59 Å². The maximum atomic E-state index is 13.2. The number of nitrogens with one attached hydrogen (secondary N) is 1. The Labute approximate surface area is 162 Å². The summed E-state index contributed by atoms with van der Waals surface area (Å²) in [6.07, 6.45) is 1.19. The normalized spacial score (nSPS) is 15.7. The summed E-state index contributed by atoms with van der Waals surface area (Å²) in [5.74, 6) is -0.957. The molecular formula is C20H20ClNO5. The van der Waals surface area contributed by atoms with Gasteiger partial charge in [0.1, 0.15) is 5.75 Å². The lowest BCUT2D eigenvalue weighted by Gasteiger charge is -2.36. The number of rotatable bonds is 6. The molecular weight excluding hydrogens is 370 g/mol. The molecule has 0 radical (unpaired) electrons. The van der Waals surface area contributed by atoms with E-state index < -0.39 is 18.0 Å². The molecule has 0 atom stereocenters. The van der Waals surface area contributed by atoms with E-state index in [0.717, 1.165) is 5.56 Å². The van der Waals surface area contributed by atoms with Crippen molar-refractivity contribution in [3.05, 3.63) is 59.1 Å². The van der Waals surface area contributed by atoms with Crippen molar-refractivity contribution in [2.24, 2.45) is 0 Å². The second kappa shape index (κ2) is 8.41. The molecule has 7 heteroatoms. The lowest BCUT2D eigenvalue weighted by atomic mass is 9.73. The van der Waals surface area contributed by atoms with Crippen LogP contribution in [0.5, 0.6) is 5.75 Å². The first-order valence-corrected chi connectivity index (χ1v) is 8.98. The molecule has 2 aromatic carbocycles. The first-order chi connectivity index (χ1) is 13.0. The zero-order chi connectivity index (χ0) is 19.3. The van der Waals surface area contributed by atoms with Gasteiger partial charge in [0.15, 0.2) is 6.61 Å². The van der Waals surface area contributed by atoms with Gasteiger partial charge in [0.05, 0.1) is 10.4 Å². The van der Waals surface area contributed by atoms with Crippen LogP contribution in [0.3, 0.4) is 0 Å². The molecule has 0 saturated carbocycles. The third-order valence-corrected chi connectivity index (χ3v) is 4.94. The van der Waals surface area contributed by atoms with Crippen LogP contribution >= 0.6 is 11.6 Å². The Morgan fingerprint density at radius 3 is 2.48 bits per heavy atom. The molecule has 0 aliphatic carbocycles. The number of carbonyl (C=O) groups is 2. The molecule has 0 bridgehead atoms. The van der Waals surface area contributed by atoms with Crippen molar-refractivity contribution in [3.63, 3.8) is 0 Å². The Bertz CT molecular complexity index is 818. The summed E-state index contributed by atoms with van der Waals surface area (Å²) in [6.45, 7) is 0.554. The fourth-order valence-corrected chi connectivity index (χ4v) is 3.44. The lowest BCUT2D eigenvalue weighted by molar-refractivity contribution is -0.139. The van der Waals surface area contributed by atoms with Gasteiger partial charge < -0.3 is 19.9 Å². The molecule has 0 unspecified atom stereocenters. The van der Waals surface area contributed by atoms with E-state index in [1.807, 2.05) is 30.3 Å². The van der Waals surface area contributed by atoms with Crippen molar-refractivity contribution in [1.82, 2.24) is 0 Å². The number of carbonyl (C=O) groups excluding carboxylic acids is 1. The maximum absolute atomic E-state index is 13.2. The largest absolute Gasteiger partial charge is 0.480 e. The van der Waals surface area contributed by atoms with E-state index in [0.29, 0.717) is 31.7 Å². The molecule has 142 valence electrons. The average Bonchev–Trinajstić information content (AvgIpc) is 2.68. The van der Waals surface area contributed by atoms with E-state index in [1.165, 1.54) is 0 Å². The number of carboxylic acids is 1. The summed E-state index contributed by atoms with van der Waals surface area (Å²) >= 11 is 6.14. The van der Waals surface area contributed by atoms with Crippen LogP contribution in [0.15, 0.2) is 48.5 Å². The number of anilines is 1. The van der Waals surface area contributed by atoms with E-state index in [1.54, 1.807) is 18.2 Å². The van der Waals surface area contributed by atoms with Crippen LogP contribution < -0.4 is 10.1 Å². The van der Waals surface area contributed by atoms with Crippen molar-refractivity contribution in [3.8, 4) is 5.75 Å². The molecule has 1 saturated heterocycles. The standard InChI is InChI=1S/C20H20ClNO5/c21-16-12-15(6-7-17(16)27-13-18(23)24)22-19(25)20(8-10-26-11-9-20)14-4-2-1-3-5-14/h1-7,12H,8-11,13H2,(H,22,25)(H,23,24). The number of halogens is 1. The van der Waals surface area contributed by atoms with Crippen molar-refractivity contribution < 1.29 is 24.2 Å². The number of hydrogen-bond acceptors (Lipinski definition) is 4.